The lowest BCUT2D eigenvalue weighted by Crippen LogP contribution is -2.21. The van der Waals surface area contributed by atoms with E-state index in [1.54, 1.807) is 0 Å². The Hall–Kier alpha value is -3.64. The van der Waals surface area contributed by atoms with Gasteiger partial charge in [0.25, 0.3) is 0 Å². The van der Waals surface area contributed by atoms with Crippen molar-refractivity contribution in [2.45, 2.75) is 33.9 Å². The first kappa shape index (κ1) is 27.4. The average molecular weight is 501 g/mol. The molecule has 0 saturated heterocycles. The van der Waals surface area contributed by atoms with Gasteiger partial charge >= 0.3 is 0 Å². The molecule has 0 fully saturated rings. The highest BCUT2D eigenvalue weighted by atomic mass is 15.1. The topological polar surface area (TPSA) is 6.48 Å². The van der Waals surface area contributed by atoms with Gasteiger partial charge in [-0.15, -0.1) is 0 Å². The van der Waals surface area contributed by atoms with Gasteiger partial charge in [0, 0.05) is 31.6 Å². The molecule has 0 radical (unpaired) electrons. The van der Waals surface area contributed by atoms with Gasteiger partial charge in [-0.2, -0.15) is 0 Å². The zero-order valence-electron chi connectivity index (χ0n) is 23.5. The Bertz CT molecular complexity index is 1480. The van der Waals surface area contributed by atoms with Crippen LogP contribution in [0, 0.1) is 17.3 Å². The Labute approximate surface area is 229 Å². The van der Waals surface area contributed by atoms with Gasteiger partial charge in [0.05, 0.1) is 0 Å². The van der Waals surface area contributed by atoms with E-state index in [-0.39, 0.29) is 5.41 Å². The molecule has 0 atom stereocenters. The fraction of sp³-hybridized carbons (Fsp3) is 0.278. The Morgan fingerprint density at radius 2 is 1.24 bits per heavy atom. The molecule has 4 aromatic rings. The van der Waals surface area contributed by atoms with E-state index in [2.05, 4.69) is 160 Å². The van der Waals surface area contributed by atoms with Crippen LogP contribution in [0.15, 0.2) is 109 Å². The quantitative estimate of drug-likeness (QED) is 0.169. The molecule has 4 rings (SSSR count). The minimum Gasteiger partial charge on any atom is -0.298 e. The molecule has 0 bridgehead atoms. The lowest BCUT2D eigenvalue weighted by atomic mass is 9.98. The predicted octanol–water partition coefficient (Wildman–Crippen LogP) is 8.09. The van der Waals surface area contributed by atoms with Gasteiger partial charge in [-0.05, 0) is 79.2 Å². The van der Waals surface area contributed by atoms with Gasteiger partial charge in [0.1, 0.15) is 0 Å². The van der Waals surface area contributed by atoms with Crippen molar-refractivity contribution in [1.29, 1.82) is 0 Å². The van der Waals surface area contributed by atoms with Crippen molar-refractivity contribution in [3.63, 3.8) is 0 Å². The normalized spacial score (nSPS) is 12.6. The highest BCUT2D eigenvalue weighted by Gasteiger charge is 2.07. The maximum Gasteiger partial charge on any atom is 0.0240 e. The van der Waals surface area contributed by atoms with Crippen molar-refractivity contribution in [2.75, 3.05) is 27.2 Å². The molecule has 0 aliphatic carbocycles. The van der Waals surface area contributed by atoms with Crippen LogP contribution in [0.2, 0.25) is 0 Å². The van der Waals surface area contributed by atoms with E-state index in [0.29, 0.717) is 0 Å². The first-order valence-corrected chi connectivity index (χ1v) is 13.5. The van der Waals surface area contributed by atoms with E-state index >= 15 is 0 Å². The van der Waals surface area contributed by atoms with Crippen molar-refractivity contribution >= 4 is 21.5 Å². The molecule has 0 aliphatic heterocycles. The summed E-state index contributed by atoms with van der Waals surface area (Å²) in [7, 11) is 4.37. The van der Waals surface area contributed by atoms with Gasteiger partial charge in [-0.25, -0.2) is 0 Å². The lowest BCUT2D eigenvalue weighted by Gasteiger charge is -2.19. The molecule has 0 unspecified atom stereocenters. The van der Waals surface area contributed by atoms with Crippen LogP contribution in [-0.4, -0.2) is 37.0 Å². The van der Waals surface area contributed by atoms with Crippen LogP contribution in [0.3, 0.4) is 0 Å². The molecule has 0 spiro atoms. The molecule has 0 N–H and O–H groups in total. The second kappa shape index (κ2) is 12.7. The Morgan fingerprint density at radius 3 is 1.82 bits per heavy atom. The van der Waals surface area contributed by atoms with E-state index in [4.69, 9.17) is 0 Å². The SMILES string of the molecule is CN(CC=CC(=CC#CC(C)(C)C)CN(C)Cc1cccc2ccccc12)Cc1cccc2ccccc12. The first-order chi connectivity index (χ1) is 18.3. The molecule has 4 aromatic carbocycles. The van der Waals surface area contributed by atoms with E-state index in [1.165, 1.54) is 38.2 Å². The molecule has 0 aliphatic rings. The van der Waals surface area contributed by atoms with Crippen LogP contribution >= 0.6 is 0 Å². The van der Waals surface area contributed by atoms with Crippen molar-refractivity contribution in [2.24, 2.45) is 5.41 Å². The van der Waals surface area contributed by atoms with Crippen molar-refractivity contribution in [3.8, 4) is 11.8 Å². The Balaban J connectivity index is 1.45. The van der Waals surface area contributed by atoms with Crippen LogP contribution in [0.5, 0.6) is 0 Å². The molecule has 2 heteroatoms. The van der Waals surface area contributed by atoms with Gasteiger partial charge in [0.15, 0.2) is 0 Å². The number of benzene rings is 4. The summed E-state index contributed by atoms with van der Waals surface area (Å²) in [6, 6.07) is 30.4. The fourth-order valence-electron chi connectivity index (χ4n) is 4.75. The number of hydrogen-bond acceptors (Lipinski definition) is 2. The molecular formula is C36H40N2. The van der Waals surface area contributed by atoms with Gasteiger partial charge in [-0.1, -0.05) is 109 Å². The third-order valence-corrected chi connectivity index (χ3v) is 6.55. The Morgan fingerprint density at radius 1 is 0.711 bits per heavy atom. The van der Waals surface area contributed by atoms with E-state index < -0.39 is 0 Å². The van der Waals surface area contributed by atoms with Crippen LogP contribution in [0.25, 0.3) is 21.5 Å². The molecule has 0 amide bonds. The largest absolute Gasteiger partial charge is 0.298 e. The number of allylic oxidation sites excluding steroid dienone is 1. The molecule has 194 valence electrons. The zero-order valence-corrected chi connectivity index (χ0v) is 23.5. The average Bonchev–Trinajstić information content (AvgIpc) is 2.88. The number of nitrogens with zero attached hydrogens (tertiary/aromatic N) is 2. The van der Waals surface area contributed by atoms with Crippen LogP contribution in [0.4, 0.5) is 0 Å². The highest BCUT2D eigenvalue weighted by Crippen LogP contribution is 2.21. The number of fused-ring (bicyclic) bond motifs is 2. The molecule has 0 saturated carbocycles. The summed E-state index contributed by atoms with van der Waals surface area (Å²) >= 11 is 0. The second-order valence-corrected chi connectivity index (χ2v) is 11.3. The van der Waals surface area contributed by atoms with Crippen molar-refractivity contribution in [1.82, 2.24) is 9.80 Å². The molecule has 38 heavy (non-hydrogen) atoms. The predicted molar refractivity (Wildman–Crippen MR) is 165 cm³/mol. The standard InChI is InChI=1S/C36H40N2/c1-36(2,3)24-12-14-29(26-38(5)28-33-21-11-19-31-17-7-9-23-35(31)33)15-13-25-37(4)27-32-20-10-18-30-16-6-8-22-34(30)32/h6-11,13-23H,25-28H2,1-5H3. The van der Waals surface area contributed by atoms with E-state index in [0.717, 1.165) is 26.2 Å². The van der Waals surface area contributed by atoms with Crippen molar-refractivity contribution in [3.05, 3.63) is 120 Å². The van der Waals surface area contributed by atoms with Crippen LogP contribution < -0.4 is 0 Å². The van der Waals surface area contributed by atoms with Gasteiger partial charge < -0.3 is 0 Å². The minimum atomic E-state index is -0.0150. The third kappa shape index (κ3) is 7.93. The fourth-order valence-corrected chi connectivity index (χ4v) is 4.75. The molecule has 0 heterocycles. The Kier molecular flexibility index (Phi) is 9.19. The first-order valence-electron chi connectivity index (χ1n) is 13.5. The number of likely N-dealkylation sites (N-methyl/N-ethyl adjacent to an activating group) is 2. The van der Waals surface area contributed by atoms with Gasteiger partial charge in [0.2, 0.25) is 0 Å². The highest BCUT2D eigenvalue weighted by molar-refractivity contribution is 5.86. The summed E-state index contributed by atoms with van der Waals surface area (Å²) in [5.74, 6) is 6.68. The summed E-state index contributed by atoms with van der Waals surface area (Å²) < 4.78 is 0. The van der Waals surface area contributed by atoms with E-state index in [9.17, 15) is 0 Å². The maximum atomic E-state index is 3.36. The van der Waals surface area contributed by atoms with Gasteiger partial charge in [-0.3, -0.25) is 9.80 Å². The van der Waals surface area contributed by atoms with Crippen LogP contribution in [-0.2, 0) is 13.1 Å². The lowest BCUT2D eigenvalue weighted by molar-refractivity contribution is 0.357. The molecule has 0 aromatic heterocycles. The minimum absolute atomic E-state index is 0.0150. The monoisotopic (exact) mass is 500 g/mol. The molecular weight excluding hydrogens is 460 g/mol. The summed E-state index contributed by atoms with van der Waals surface area (Å²) in [4.78, 5) is 4.73. The maximum absolute atomic E-state index is 3.36. The smallest absolute Gasteiger partial charge is 0.0240 e. The second-order valence-electron chi connectivity index (χ2n) is 11.3. The molecule has 2 nitrogen and oxygen atoms in total. The van der Waals surface area contributed by atoms with E-state index in [1.807, 2.05) is 0 Å². The zero-order chi connectivity index (χ0) is 27.0. The number of hydrogen-bond donors (Lipinski definition) is 0. The summed E-state index contributed by atoms with van der Waals surface area (Å²) in [5, 5.41) is 5.24. The summed E-state index contributed by atoms with van der Waals surface area (Å²) in [5.41, 5.74) is 3.92. The number of rotatable bonds is 9. The van der Waals surface area contributed by atoms with Crippen molar-refractivity contribution < 1.29 is 0 Å². The summed E-state index contributed by atoms with van der Waals surface area (Å²) in [6.45, 7) is 9.97. The third-order valence-electron chi connectivity index (χ3n) is 6.55. The summed E-state index contributed by atoms with van der Waals surface area (Å²) in [6.07, 6.45) is 6.60. The van der Waals surface area contributed by atoms with Crippen LogP contribution in [0.1, 0.15) is 31.9 Å².